The fourth-order valence-corrected chi connectivity index (χ4v) is 4.22. The number of thioether (sulfide) groups is 1. The Morgan fingerprint density at radius 3 is 2.83 bits per heavy atom. The number of carboxylic acid groups (broad SMARTS) is 1. The van der Waals surface area contributed by atoms with Gasteiger partial charge in [0.2, 0.25) is 5.91 Å². The quantitative estimate of drug-likeness (QED) is 0.404. The number of ether oxygens (including phenoxy) is 2. The number of nitrogens with one attached hydrogen (secondary N) is 1. The monoisotopic (exact) mass is 356 g/mol. The van der Waals surface area contributed by atoms with Crippen LogP contribution in [-0.2, 0) is 19.1 Å². The first-order chi connectivity index (χ1) is 11.5. The lowest BCUT2D eigenvalue weighted by Gasteiger charge is -2.49. The van der Waals surface area contributed by atoms with Crippen LogP contribution in [0.5, 0.6) is 0 Å². The second-order valence-electron chi connectivity index (χ2n) is 5.67. The minimum Gasteiger partial charge on any atom is -0.493 e. The van der Waals surface area contributed by atoms with Gasteiger partial charge in [-0.25, -0.2) is 4.79 Å². The van der Waals surface area contributed by atoms with Crippen LogP contribution in [0, 0.1) is 5.41 Å². The zero-order valence-electron chi connectivity index (χ0n) is 13.0. The number of aliphatic carboxylic acids is 1. The van der Waals surface area contributed by atoms with Crippen LogP contribution in [0.3, 0.4) is 0 Å². The molecular formula is C14H20N4O5S. The van der Waals surface area contributed by atoms with Gasteiger partial charge in [0.25, 0.3) is 0 Å². The summed E-state index contributed by atoms with van der Waals surface area (Å²) in [6, 6.07) is -0.735. The molecule has 3 heterocycles. The molecule has 2 fully saturated rings. The van der Waals surface area contributed by atoms with Crippen LogP contribution in [0.15, 0.2) is 11.5 Å². The number of fused-ring (bicyclic) bond motifs is 1. The summed E-state index contributed by atoms with van der Waals surface area (Å²) in [6.45, 7) is 3.87. The van der Waals surface area contributed by atoms with Gasteiger partial charge < -0.3 is 25.7 Å². The maximum atomic E-state index is 11.9. The lowest BCUT2D eigenvalue weighted by Crippen LogP contribution is -2.69. The Labute approximate surface area is 143 Å². The molecule has 3 aliphatic rings. The van der Waals surface area contributed by atoms with Crippen molar-refractivity contribution < 1.29 is 24.2 Å². The van der Waals surface area contributed by atoms with Crippen molar-refractivity contribution >= 4 is 29.9 Å². The van der Waals surface area contributed by atoms with Gasteiger partial charge in [-0.05, 0) is 0 Å². The van der Waals surface area contributed by atoms with Crippen LogP contribution in [0.25, 0.3) is 0 Å². The average Bonchev–Trinajstić information content (AvgIpc) is 2.60. The van der Waals surface area contributed by atoms with Gasteiger partial charge in [0.1, 0.15) is 29.0 Å². The number of nitrogens with zero attached hydrogens (tertiary/aromatic N) is 2. The van der Waals surface area contributed by atoms with E-state index >= 15 is 0 Å². The van der Waals surface area contributed by atoms with E-state index in [2.05, 4.69) is 4.90 Å². The van der Waals surface area contributed by atoms with Crippen molar-refractivity contribution in [1.82, 2.24) is 9.80 Å². The molecule has 0 radical (unpaired) electrons. The molecule has 1 amide bonds. The fourth-order valence-electron chi connectivity index (χ4n) is 2.92. The molecule has 3 rings (SSSR count). The molecule has 10 heteroatoms. The molecule has 24 heavy (non-hydrogen) atoms. The largest absolute Gasteiger partial charge is 0.493 e. The van der Waals surface area contributed by atoms with E-state index in [1.54, 1.807) is 0 Å². The summed E-state index contributed by atoms with van der Waals surface area (Å²) < 4.78 is 11.0. The third-order valence-electron chi connectivity index (χ3n) is 4.23. The van der Waals surface area contributed by atoms with E-state index in [4.69, 9.17) is 20.6 Å². The van der Waals surface area contributed by atoms with Crippen molar-refractivity contribution in [3.63, 3.8) is 0 Å². The van der Waals surface area contributed by atoms with Crippen LogP contribution in [-0.4, -0.2) is 89.1 Å². The summed E-state index contributed by atoms with van der Waals surface area (Å²) in [5, 5.41) is 16.1. The highest BCUT2D eigenvalue weighted by atomic mass is 32.2. The summed E-state index contributed by atoms with van der Waals surface area (Å²) in [5.74, 6) is -1.52. The molecule has 3 aliphatic heterocycles. The third kappa shape index (κ3) is 3.02. The third-order valence-corrected chi connectivity index (χ3v) is 5.65. The van der Waals surface area contributed by atoms with Crippen molar-refractivity contribution in [2.75, 3.05) is 39.5 Å². The lowest BCUT2D eigenvalue weighted by molar-refractivity contribution is -0.148. The minimum absolute atomic E-state index is 0.146. The SMILES string of the molecule is N=CC1S[C@@H]2C(N)C(=O)N2C(C(=O)O)=C1OCCN1CCOCC1. The molecule has 2 unspecified atom stereocenters. The van der Waals surface area contributed by atoms with Crippen molar-refractivity contribution in [3.8, 4) is 0 Å². The molecule has 0 aromatic rings. The van der Waals surface area contributed by atoms with E-state index in [9.17, 15) is 14.7 Å². The van der Waals surface area contributed by atoms with Gasteiger partial charge in [0.05, 0.1) is 13.2 Å². The Morgan fingerprint density at radius 1 is 1.50 bits per heavy atom. The standard InChI is InChI=1S/C14H20N4O5S/c15-7-8-11(23-6-3-17-1-4-22-5-2-17)10(14(20)21)18-12(19)9(16)13(18)24-8/h7-9,13,15H,1-6,16H2,(H,20,21)/t8?,9?,13-/m1/s1. The maximum Gasteiger partial charge on any atom is 0.356 e. The van der Waals surface area contributed by atoms with Gasteiger partial charge >= 0.3 is 5.97 Å². The maximum absolute atomic E-state index is 11.9. The molecule has 3 atom stereocenters. The number of hydrogen-bond acceptors (Lipinski definition) is 8. The molecule has 4 N–H and O–H groups in total. The molecular weight excluding hydrogens is 336 g/mol. The molecule has 0 aromatic heterocycles. The molecule has 0 aromatic carbocycles. The van der Waals surface area contributed by atoms with Gasteiger partial charge in [-0.1, -0.05) is 0 Å². The number of amides is 1. The van der Waals surface area contributed by atoms with Crippen LogP contribution in [0.2, 0.25) is 0 Å². The predicted molar refractivity (Wildman–Crippen MR) is 86.6 cm³/mol. The highest BCUT2D eigenvalue weighted by Gasteiger charge is 2.54. The first kappa shape index (κ1) is 17.2. The topological polar surface area (TPSA) is 129 Å². The number of rotatable bonds is 6. The Kier molecular flexibility index (Phi) is 5.09. The van der Waals surface area contributed by atoms with E-state index in [0.717, 1.165) is 19.3 Å². The average molecular weight is 356 g/mol. The molecule has 0 aliphatic carbocycles. The van der Waals surface area contributed by atoms with E-state index in [-0.39, 0.29) is 18.1 Å². The Hall–Kier alpha value is -1.62. The van der Waals surface area contributed by atoms with Crippen LogP contribution >= 0.6 is 11.8 Å². The molecule has 9 nitrogen and oxygen atoms in total. The molecule has 2 saturated heterocycles. The van der Waals surface area contributed by atoms with Crippen molar-refractivity contribution in [3.05, 3.63) is 11.5 Å². The van der Waals surface area contributed by atoms with Crippen LogP contribution < -0.4 is 5.73 Å². The summed E-state index contributed by atoms with van der Waals surface area (Å²) in [4.78, 5) is 26.9. The Balaban J connectivity index is 1.74. The number of morpholine rings is 1. The number of carboxylic acids is 1. The van der Waals surface area contributed by atoms with E-state index in [1.807, 2.05) is 0 Å². The van der Waals surface area contributed by atoms with Gasteiger partial charge in [0.15, 0.2) is 5.70 Å². The van der Waals surface area contributed by atoms with Crippen molar-refractivity contribution in [1.29, 1.82) is 5.41 Å². The van der Waals surface area contributed by atoms with Crippen molar-refractivity contribution in [2.45, 2.75) is 16.7 Å². The Bertz CT molecular complexity index is 578. The lowest BCUT2D eigenvalue weighted by atomic mass is 10.1. The number of carbonyl (C=O) groups is 2. The van der Waals surface area contributed by atoms with Crippen LogP contribution in [0.4, 0.5) is 0 Å². The summed E-state index contributed by atoms with van der Waals surface area (Å²) in [5.41, 5.74) is 5.54. The summed E-state index contributed by atoms with van der Waals surface area (Å²) in [7, 11) is 0. The second kappa shape index (κ2) is 7.09. The summed E-state index contributed by atoms with van der Waals surface area (Å²) in [6.07, 6.45) is 1.13. The number of nitrogens with two attached hydrogens (primary N) is 1. The van der Waals surface area contributed by atoms with Gasteiger partial charge in [-0.15, -0.1) is 11.8 Å². The molecule has 0 bridgehead atoms. The van der Waals surface area contributed by atoms with Crippen LogP contribution in [0.1, 0.15) is 0 Å². The normalized spacial score (nSPS) is 30.6. The number of carbonyl (C=O) groups excluding carboxylic acids is 1. The first-order valence-electron chi connectivity index (χ1n) is 7.69. The fraction of sp³-hybridized carbons (Fsp3) is 0.643. The number of hydrogen-bond donors (Lipinski definition) is 3. The van der Waals surface area contributed by atoms with E-state index < -0.39 is 28.5 Å². The highest BCUT2D eigenvalue weighted by molar-refractivity contribution is 8.01. The molecule has 0 spiro atoms. The molecule has 132 valence electrons. The van der Waals surface area contributed by atoms with Gasteiger partial charge in [-0.3, -0.25) is 14.6 Å². The van der Waals surface area contributed by atoms with E-state index in [1.165, 1.54) is 16.7 Å². The van der Waals surface area contributed by atoms with Gasteiger partial charge in [-0.2, -0.15) is 0 Å². The number of β-lactam (4-membered cyclic amide) rings is 1. The highest BCUT2D eigenvalue weighted by Crippen LogP contribution is 2.43. The second-order valence-corrected chi connectivity index (χ2v) is 6.93. The Morgan fingerprint density at radius 2 is 2.21 bits per heavy atom. The van der Waals surface area contributed by atoms with Crippen molar-refractivity contribution in [2.24, 2.45) is 5.73 Å². The van der Waals surface area contributed by atoms with E-state index in [0.29, 0.717) is 19.8 Å². The van der Waals surface area contributed by atoms with Gasteiger partial charge in [0, 0.05) is 25.8 Å². The zero-order chi connectivity index (χ0) is 17.3. The predicted octanol–water partition coefficient (Wildman–Crippen LogP) is -1.11. The first-order valence-corrected chi connectivity index (χ1v) is 8.64. The zero-order valence-corrected chi connectivity index (χ0v) is 13.8. The molecule has 0 saturated carbocycles. The minimum atomic E-state index is -1.24. The summed E-state index contributed by atoms with van der Waals surface area (Å²) >= 11 is 1.27. The smallest absolute Gasteiger partial charge is 0.356 e.